The Morgan fingerprint density at radius 1 is 1.14 bits per heavy atom. The number of carbonyl (C=O) groups is 1. The Bertz CT molecular complexity index is 1130. The van der Waals surface area contributed by atoms with Gasteiger partial charge in [-0.3, -0.25) is 4.79 Å². The number of carbonyl (C=O) groups excluding carboxylic acids is 1. The molecule has 0 N–H and O–H groups in total. The Balaban J connectivity index is 1.89. The van der Waals surface area contributed by atoms with Gasteiger partial charge >= 0.3 is 5.97 Å². The molecule has 0 unspecified atom stereocenters. The van der Waals surface area contributed by atoms with Gasteiger partial charge in [0, 0.05) is 12.9 Å². The molecule has 0 atom stereocenters. The summed E-state index contributed by atoms with van der Waals surface area (Å²) >= 11 is 1.46. The summed E-state index contributed by atoms with van der Waals surface area (Å²) in [5, 5.41) is 18.1. The maximum absolute atomic E-state index is 11.8. The molecule has 1 aromatic carbocycles. The van der Waals surface area contributed by atoms with E-state index in [9.17, 15) is 4.79 Å². The van der Waals surface area contributed by atoms with Crippen LogP contribution >= 0.6 is 11.8 Å². The topological polar surface area (TPSA) is 109 Å². The number of benzene rings is 1. The summed E-state index contributed by atoms with van der Waals surface area (Å²) in [5.41, 5.74) is 2.33. The number of nitrogens with zero attached hydrogens (tertiary/aromatic N) is 7. The van der Waals surface area contributed by atoms with Gasteiger partial charge in [-0.15, -0.1) is 15.3 Å². The first-order chi connectivity index (χ1) is 13.7. The van der Waals surface area contributed by atoms with E-state index in [0.717, 1.165) is 11.4 Å². The first-order valence-corrected chi connectivity index (χ1v) is 9.45. The predicted octanol–water partition coefficient (Wildman–Crippen LogP) is 1.31. The largest absolute Gasteiger partial charge is 0.469 e. The van der Waals surface area contributed by atoms with Crippen molar-refractivity contribution in [3.05, 3.63) is 36.0 Å². The fourth-order valence-electron chi connectivity index (χ4n) is 2.68. The normalized spacial score (nSPS) is 11.4. The van der Waals surface area contributed by atoms with Crippen LogP contribution in [0.1, 0.15) is 5.69 Å². The molecule has 3 heterocycles. The second-order valence-corrected chi connectivity index (χ2v) is 6.83. The Morgan fingerprint density at radius 2 is 1.96 bits per heavy atom. The van der Waals surface area contributed by atoms with Crippen LogP contribution in [0, 0.1) is 0 Å². The van der Waals surface area contributed by atoms with Gasteiger partial charge in [0.05, 0.1) is 25.8 Å². The van der Waals surface area contributed by atoms with Gasteiger partial charge in [0.15, 0.2) is 11.2 Å². The van der Waals surface area contributed by atoms with E-state index >= 15 is 0 Å². The molecule has 10 nitrogen and oxygen atoms in total. The summed E-state index contributed by atoms with van der Waals surface area (Å²) in [6.07, 6.45) is -0.0167. The van der Waals surface area contributed by atoms with Crippen LogP contribution in [0.15, 0.2) is 35.5 Å². The van der Waals surface area contributed by atoms with Crippen molar-refractivity contribution < 1.29 is 14.3 Å². The van der Waals surface area contributed by atoms with Crippen LogP contribution in [-0.4, -0.2) is 67.1 Å². The van der Waals surface area contributed by atoms with E-state index in [2.05, 4.69) is 25.4 Å². The number of esters is 1. The molecule has 0 bridgehead atoms. The van der Waals surface area contributed by atoms with Crippen molar-refractivity contribution in [3.8, 4) is 5.69 Å². The van der Waals surface area contributed by atoms with Crippen molar-refractivity contribution in [2.75, 3.05) is 26.6 Å². The van der Waals surface area contributed by atoms with Crippen molar-refractivity contribution in [2.45, 2.75) is 11.6 Å². The molecule has 144 valence electrons. The van der Waals surface area contributed by atoms with Crippen LogP contribution in [0.25, 0.3) is 22.6 Å². The van der Waals surface area contributed by atoms with Crippen molar-refractivity contribution in [1.29, 1.82) is 0 Å². The maximum Gasteiger partial charge on any atom is 0.311 e. The third kappa shape index (κ3) is 3.41. The van der Waals surface area contributed by atoms with E-state index < -0.39 is 5.97 Å². The highest BCUT2D eigenvalue weighted by molar-refractivity contribution is 7.99. The quantitative estimate of drug-likeness (QED) is 0.258. The van der Waals surface area contributed by atoms with Gasteiger partial charge in [-0.2, -0.15) is 14.6 Å². The van der Waals surface area contributed by atoms with E-state index in [-0.39, 0.29) is 6.42 Å². The number of thioether (sulfide) groups is 1. The fourth-order valence-corrected chi connectivity index (χ4v) is 3.40. The molecule has 0 aliphatic carbocycles. The van der Waals surface area contributed by atoms with Gasteiger partial charge in [-0.1, -0.05) is 30.0 Å². The van der Waals surface area contributed by atoms with Gasteiger partial charge in [-0.05, 0) is 12.1 Å². The Hall–Kier alpha value is -3.05. The lowest BCUT2D eigenvalue weighted by molar-refractivity contribution is -0.139. The summed E-state index contributed by atoms with van der Waals surface area (Å²) in [6.45, 7) is 0.590. The van der Waals surface area contributed by atoms with Crippen LogP contribution in [0.3, 0.4) is 0 Å². The molecule has 11 heteroatoms. The van der Waals surface area contributed by atoms with Gasteiger partial charge < -0.3 is 9.47 Å². The Morgan fingerprint density at radius 3 is 2.71 bits per heavy atom. The minimum Gasteiger partial charge on any atom is -0.469 e. The second-order valence-electron chi connectivity index (χ2n) is 5.77. The standard InChI is InChI=1S/C17H17N7O3S/c1-26-8-9-28-17-18-16-20-19-14-12(10-13(25)27-2)21-23(15(14)24(16)22-17)11-6-4-3-5-7-11/h3-7H,8-10H2,1-2H3. The van der Waals surface area contributed by atoms with Gasteiger partial charge in [0.2, 0.25) is 5.16 Å². The molecule has 0 saturated carbocycles. The molecule has 4 aromatic rings. The molecule has 4 rings (SSSR count). The molecular weight excluding hydrogens is 382 g/mol. The van der Waals surface area contributed by atoms with Crippen LogP contribution < -0.4 is 0 Å². The third-order valence-corrected chi connectivity index (χ3v) is 4.78. The van der Waals surface area contributed by atoms with Crippen molar-refractivity contribution in [2.24, 2.45) is 0 Å². The molecule has 0 saturated heterocycles. The monoisotopic (exact) mass is 399 g/mol. The van der Waals surface area contributed by atoms with E-state index in [1.54, 1.807) is 16.3 Å². The lowest BCUT2D eigenvalue weighted by atomic mass is 10.3. The predicted molar refractivity (Wildman–Crippen MR) is 102 cm³/mol. The van der Waals surface area contributed by atoms with E-state index in [1.807, 2.05) is 30.3 Å². The van der Waals surface area contributed by atoms with Gasteiger partial charge in [0.1, 0.15) is 5.69 Å². The van der Waals surface area contributed by atoms with Gasteiger partial charge in [-0.25, -0.2) is 4.68 Å². The molecule has 0 aliphatic rings. The number of hydrogen-bond acceptors (Lipinski definition) is 9. The average Bonchev–Trinajstić information content (AvgIpc) is 3.30. The number of para-hydroxylation sites is 1. The zero-order valence-corrected chi connectivity index (χ0v) is 16.1. The van der Waals surface area contributed by atoms with Gasteiger partial charge in [0.25, 0.3) is 5.78 Å². The number of fused-ring (bicyclic) bond motifs is 3. The number of aromatic nitrogens is 7. The van der Waals surface area contributed by atoms with Crippen molar-refractivity contribution in [1.82, 2.24) is 34.6 Å². The SMILES string of the molecule is COCCSc1nc2nnc3c(CC(=O)OC)nn(-c4ccccc4)c3n2n1. The minimum atomic E-state index is -0.407. The number of rotatable bonds is 7. The fraction of sp³-hybridized carbons (Fsp3) is 0.294. The zero-order valence-electron chi connectivity index (χ0n) is 15.3. The van der Waals surface area contributed by atoms with Crippen LogP contribution in [0.5, 0.6) is 0 Å². The molecule has 0 spiro atoms. The molecule has 0 amide bonds. The number of methoxy groups -OCH3 is 2. The third-order valence-electron chi connectivity index (χ3n) is 3.98. The highest BCUT2D eigenvalue weighted by atomic mass is 32.2. The van der Waals surface area contributed by atoms with E-state index in [0.29, 0.717) is 34.4 Å². The minimum absolute atomic E-state index is 0.0167. The average molecular weight is 399 g/mol. The van der Waals surface area contributed by atoms with E-state index in [1.165, 1.54) is 18.9 Å². The summed E-state index contributed by atoms with van der Waals surface area (Å²) in [7, 11) is 2.98. The summed E-state index contributed by atoms with van der Waals surface area (Å²) < 4.78 is 13.1. The summed E-state index contributed by atoms with van der Waals surface area (Å²) in [5.74, 6) is 0.667. The highest BCUT2D eigenvalue weighted by Crippen LogP contribution is 2.22. The van der Waals surface area contributed by atoms with Crippen molar-refractivity contribution >= 4 is 34.7 Å². The molecular formula is C17H17N7O3S. The first kappa shape index (κ1) is 18.3. The molecule has 0 fully saturated rings. The first-order valence-electron chi connectivity index (χ1n) is 8.46. The summed E-state index contributed by atoms with van der Waals surface area (Å²) in [4.78, 5) is 16.2. The lowest BCUT2D eigenvalue weighted by Crippen LogP contribution is -2.06. The molecule has 28 heavy (non-hydrogen) atoms. The number of ether oxygens (including phenoxy) is 2. The highest BCUT2D eigenvalue weighted by Gasteiger charge is 2.21. The molecule has 3 aromatic heterocycles. The second kappa shape index (κ2) is 7.90. The lowest BCUT2D eigenvalue weighted by Gasteiger charge is -2.02. The zero-order chi connectivity index (χ0) is 19.5. The molecule has 0 aliphatic heterocycles. The van der Waals surface area contributed by atoms with Crippen molar-refractivity contribution in [3.63, 3.8) is 0 Å². The van der Waals surface area contributed by atoms with Crippen LogP contribution in [-0.2, 0) is 20.7 Å². The Labute approximate surface area is 163 Å². The van der Waals surface area contributed by atoms with Crippen LogP contribution in [0.2, 0.25) is 0 Å². The maximum atomic E-state index is 11.8. The smallest absolute Gasteiger partial charge is 0.311 e. The summed E-state index contributed by atoms with van der Waals surface area (Å²) in [6, 6.07) is 9.54. The molecule has 0 radical (unpaired) electrons. The Kier molecular flexibility index (Phi) is 5.17. The van der Waals surface area contributed by atoms with E-state index in [4.69, 9.17) is 9.47 Å². The van der Waals surface area contributed by atoms with Crippen LogP contribution in [0.4, 0.5) is 0 Å². The number of hydrogen-bond donors (Lipinski definition) is 0.